The molecule has 0 aromatic heterocycles. The number of carbonyl (C=O) groups is 2. The van der Waals surface area contributed by atoms with Gasteiger partial charge in [-0.05, 0) is 31.1 Å². The van der Waals surface area contributed by atoms with Crippen molar-refractivity contribution < 1.29 is 14.3 Å². The summed E-state index contributed by atoms with van der Waals surface area (Å²) in [6.07, 6.45) is 2.09. The fourth-order valence-corrected chi connectivity index (χ4v) is 2.83. The lowest BCUT2D eigenvalue weighted by atomic mass is 10.1. The number of likely N-dealkylation sites (tertiary alicyclic amines) is 1. The summed E-state index contributed by atoms with van der Waals surface area (Å²) < 4.78 is 5.36. The van der Waals surface area contributed by atoms with Crippen molar-refractivity contribution in [2.45, 2.75) is 19.4 Å². The van der Waals surface area contributed by atoms with Crippen molar-refractivity contribution in [1.29, 1.82) is 0 Å². The summed E-state index contributed by atoms with van der Waals surface area (Å²) in [5, 5.41) is 0. The van der Waals surface area contributed by atoms with Gasteiger partial charge in [-0.1, -0.05) is 18.7 Å². The summed E-state index contributed by atoms with van der Waals surface area (Å²) in [5.41, 5.74) is 1.48. The first-order chi connectivity index (χ1) is 10.5. The monoisotopic (exact) mass is 302 g/mol. The second-order valence-corrected chi connectivity index (χ2v) is 5.50. The molecule has 1 atom stereocenters. The number of methoxy groups -OCH3 is 1. The van der Waals surface area contributed by atoms with Crippen molar-refractivity contribution in [1.82, 2.24) is 9.80 Å². The lowest BCUT2D eigenvalue weighted by Crippen LogP contribution is -2.40. The predicted molar refractivity (Wildman–Crippen MR) is 85.0 cm³/mol. The molecule has 5 nitrogen and oxygen atoms in total. The molecule has 0 bridgehead atoms. The molecule has 0 aliphatic carbocycles. The van der Waals surface area contributed by atoms with Gasteiger partial charge >= 0.3 is 0 Å². The van der Waals surface area contributed by atoms with Gasteiger partial charge in [-0.25, -0.2) is 0 Å². The molecule has 1 saturated heterocycles. The number of carbonyl (C=O) groups excluding carboxylic acids is 2. The minimum atomic E-state index is -0.0866. The van der Waals surface area contributed by atoms with Gasteiger partial charge in [0.25, 0.3) is 5.91 Å². The smallest absolute Gasteiger partial charge is 0.257 e. The SMILES string of the molecule is C=CC(=O)N1CC[C@H](N(C)C(=O)c2cccc(C)c2OC)C1. The van der Waals surface area contributed by atoms with Crippen molar-refractivity contribution >= 4 is 11.8 Å². The molecule has 0 unspecified atom stereocenters. The Morgan fingerprint density at radius 3 is 2.82 bits per heavy atom. The molecule has 1 fully saturated rings. The van der Waals surface area contributed by atoms with Gasteiger partial charge in [0, 0.05) is 20.1 Å². The largest absolute Gasteiger partial charge is 0.496 e. The van der Waals surface area contributed by atoms with E-state index in [1.165, 1.54) is 6.08 Å². The van der Waals surface area contributed by atoms with Crippen molar-refractivity contribution in [3.8, 4) is 5.75 Å². The first-order valence-corrected chi connectivity index (χ1v) is 7.31. The number of hydrogen-bond acceptors (Lipinski definition) is 3. The number of rotatable bonds is 4. The van der Waals surface area contributed by atoms with Gasteiger partial charge in [-0.2, -0.15) is 0 Å². The maximum Gasteiger partial charge on any atom is 0.257 e. The van der Waals surface area contributed by atoms with Gasteiger partial charge in [0.15, 0.2) is 0 Å². The summed E-state index contributed by atoms with van der Waals surface area (Å²) in [4.78, 5) is 27.8. The molecule has 1 aliphatic rings. The molecule has 2 amide bonds. The highest BCUT2D eigenvalue weighted by Gasteiger charge is 2.31. The molecule has 0 spiro atoms. The van der Waals surface area contributed by atoms with Gasteiger partial charge in [-0.15, -0.1) is 0 Å². The van der Waals surface area contributed by atoms with Crippen LogP contribution in [-0.2, 0) is 4.79 Å². The first-order valence-electron chi connectivity index (χ1n) is 7.31. The lowest BCUT2D eigenvalue weighted by molar-refractivity contribution is -0.125. The van der Waals surface area contributed by atoms with E-state index in [-0.39, 0.29) is 17.9 Å². The highest BCUT2D eigenvalue weighted by atomic mass is 16.5. The third kappa shape index (κ3) is 2.98. The van der Waals surface area contributed by atoms with E-state index in [0.717, 1.165) is 12.0 Å². The van der Waals surface area contributed by atoms with Gasteiger partial charge in [0.1, 0.15) is 5.75 Å². The van der Waals surface area contributed by atoms with Gasteiger partial charge < -0.3 is 14.5 Å². The van der Waals surface area contributed by atoms with Crippen LogP contribution in [0.25, 0.3) is 0 Å². The van der Waals surface area contributed by atoms with Crippen LogP contribution in [0.15, 0.2) is 30.9 Å². The summed E-state index contributed by atoms with van der Waals surface area (Å²) in [5.74, 6) is 0.436. The van der Waals surface area contributed by atoms with Gasteiger partial charge in [-0.3, -0.25) is 9.59 Å². The molecule has 1 heterocycles. The van der Waals surface area contributed by atoms with Crippen LogP contribution in [0.4, 0.5) is 0 Å². The zero-order valence-electron chi connectivity index (χ0n) is 13.3. The number of likely N-dealkylation sites (N-methyl/N-ethyl adjacent to an activating group) is 1. The zero-order chi connectivity index (χ0) is 16.3. The van der Waals surface area contributed by atoms with E-state index >= 15 is 0 Å². The Labute approximate surface area is 131 Å². The number of nitrogens with zero attached hydrogens (tertiary/aromatic N) is 2. The van der Waals surface area contributed by atoms with Crippen LogP contribution >= 0.6 is 0 Å². The minimum absolute atomic E-state index is 0.0154. The second kappa shape index (κ2) is 6.64. The van der Waals surface area contributed by atoms with Crippen LogP contribution in [0.1, 0.15) is 22.3 Å². The topological polar surface area (TPSA) is 49.9 Å². The molecule has 0 saturated carbocycles. The maximum absolute atomic E-state index is 12.7. The molecule has 0 N–H and O–H groups in total. The molecule has 1 aliphatic heterocycles. The van der Waals surface area contributed by atoms with Gasteiger partial charge in [0.2, 0.25) is 5.91 Å². The minimum Gasteiger partial charge on any atom is -0.496 e. The molecule has 1 aromatic carbocycles. The Morgan fingerprint density at radius 1 is 1.45 bits per heavy atom. The van der Waals surface area contributed by atoms with E-state index in [4.69, 9.17) is 4.74 Å². The first kappa shape index (κ1) is 16.1. The summed E-state index contributed by atoms with van der Waals surface area (Å²) in [6, 6.07) is 5.55. The quantitative estimate of drug-likeness (QED) is 0.798. The molecule has 118 valence electrons. The highest BCUT2D eigenvalue weighted by Crippen LogP contribution is 2.26. The van der Waals surface area contributed by atoms with Crippen molar-refractivity contribution in [3.63, 3.8) is 0 Å². The summed E-state index contributed by atoms with van der Waals surface area (Å²) >= 11 is 0. The van der Waals surface area contributed by atoms with Crippen LogP contribution in [-0.4, -0.2) is 54.9 Å². The third-order valence-corrected chi connectivity index (χ3v) is 4.16. The van der Waals surface area contributed by atoms with E-state index in [0.29, 0.717) is 24.4 Å². The normalized spacial score (nSPS) is 17.2. The van der Waals surface area contributed by atoms with Crippen LogP contribution in [0, 0.1) is 6.92 Å². The van der Waals surface area contributed by atoms with Crippen molar-refractivity contribution in [3.05, 3.63) is 42.0 Å². The van der Waals surface area contributed by atoms with Crippen LogP contribution < -0.4 is 4.74 Å². The second-order valence-electron chi connectivity index (χ2n) is 5.50. The van der Waals surface area contributed by atoms with Crippen molar-refractivity contribution in [2.24, 2.45) is 0 Å². The Bertz CT molecular complexity index is 598. The van der Waals surface area contributed by atoms with E-state index in [2.05, 4.69) is 6.58 Å². The van der Waals surface area contributed by atoms with E-state index in [1.54, 1.807) is 30.0 Å². The average molecular weight is 302 g/mol. The third-order valence-electron chi connectivity index (χ3n) is 4.16. The Kier molecular flexibility index (Phi) is 4.85. The number of ether oxygens (including phenoxy) is 1. The highest BCUT2D eigenvalue weighted by molar-refractivity contribution is 5.97. The van der Waals surface area contributed by atoms with E-state index in [1.807, 2.05) is 19.1 Å². The predicted octanol–water partition coefficient (Wildman–Crippen LogP) is 1.86. The fraction of sp³-hybridized carbons (Fsp3) is 0.412. The van der Waals surface area contributed by atoms with Crippen LogP contribution in [0.3, 0.4) is 0 Å². The van der Waals surface area contributed by atoms with Crippen molar-refractivity contribution in [2.75, 3.05) is 27.2 Å². The Hall–Kier alpha value is -2.30. The van der Waals surface area contributed by atoms with Crippen LogP contribution in [0.5, 0.6) is 5.75 Å². The molecular formula is C17H22N2O3. The number of para-hydroxylation sites is 1. The van der Waals surface area contributed by atoms with Crippen LogP contribution in [0.2, 0.25) is 0 Å². The molecule has 0 radical (unpaired) electrons. The lowest BCUT2D eigenvalue weighted by Gasteiger charge is -2.25. The average Bonchev–Trinajstić information content (AvgIpc) is 3.02. The Morgan fingerprint density at radius 2 is 2.18 bits per heavy atom. The van der Waals surface area contributed by atoms with E-state index in [9.17, 15) is 9.59 Å². The maximum atomic E-state index is 12.7. The number of aryl methyl sites for hydroxylation is 1. The summed E-state index contributed by atoms with van der Waals surface area (Å²) in [6.45, 7) is 6.61. The molecule has 22 heavy (non-hydrogen) atoms. The molecular weight excluding hydrogens is 280 g/mol. The Balaban J connectivity index is 2.15. The summed E-state index contributed by atoms with van der Waals surface area (Å²) in [7, 11) is 3.34. The molecule has 5 heteroatoms. The molecule has 1 aromatic rings. The number of hydrogen-bond donors (Lipinski definition) is 0. The van der Waals surface area contributed by atoms with E-state index < -0.39 is 0 Å². The number of amides is 2. The zero-order valence-corrected chi connectivity index (χ0v) is 13.3. The molecule has 2 rings (SSSR count). The number of benzene rings is 1. The van der Waals surface area contributed by atoms with Gasteiger partial charge in [0.05, 0.1) is 18.7 Å². The fourth-order valence-electron chi connectivity index (χ4n) is 2.83. The standard InChI is InChI=1S/C17H22N2O3/c1-5-15(20)19-10-9-13(11-19)18(3)17(21)14-8-6-7-12(2)16(14)22-4/h5-8,13H,1,9-11H2,2-4H3/t13-/m0/s1.